The zero-order valence-corrected chi connectivity index (χ0v) is 10.1. The third-order valence-corrected chi connectivity index (χ3v) is 5.12. The molecule has 2 nitrogen and oxygen atoms in total. The maximum Gasteiger partial charge on any atom is 0.124 e. The molecule has 17 heavy (non-hydrogen) atoms. The van der Waals surface area contributed by atoms with Crippen LogP contribution in [0.1, 0.15) is 43.7 Å². The predicted octanol–water partition coefficient (Wildman–Crippen LogP) is 3.03. The van der Waals surface area contributed by atoms with Gasteiger partial charge in [0.1, 0.15) is 11.4 Å². The largest absolute Gasteiger partial charge is 0.487 e. The molecule has 1 spiro atoms. The van der Waals surface area contributed by atoms with Crippen LogP contribution in [-0.2, 0) is 0 Å². The summed E-state index contributed by atoms with van der Waals surface area (Å²) in [6.07, 6.45) is 6.38. The molecule has 2 bridgehead atoms. The Morgan fingerprint density at radius 2 is 2.06 bits per heavy atom. The molecule has 4 atom stereocenters. The molecule has 2 aliphatic carbocycles. The summed E-state index contributed by atoms with van der Waals surface area (Å²) >= 11 is 0. The van der Waals surface area contributed by atoms with Crippen LogP contribution in [0.5, 0.6) is 5.75 Å². The van der Waals surface area contributed by atoms with Crippen LogP contribution in [0, 0.1) is 11.8 Å². The SMILES string of the molecule is N[C@H]1CC2(CC3CCC2C3)Oc2ccccc21. The molecule has 0 aromatic heterocycles. The summed E-state index contributed by atoms with van der Waals surface area (Å²) in [7, 11) is 0. The summed E-state index contributed by atoms with van der Waals surface area (Å²) in [4.78, 5) is 0. The van der Waals surface area contributed by atoms with Crippen LogP contribution in [0.3, 0.4) is 0 Å². The van der Waals surface area contributed by atoms with Crippen molar-refractivity contribution < 1.29 is 4.74 Å². The molecule has 1 aromatic rings. The first-order chi connectivity index (χ1) is 8.27. The highest BCUT2D eigenvalue weighted by Gasteiger charge is 2.55. The molecule has 2 fully saturated rings. The van der Waals surface area contributed by atoms with E-state index in [0.29, 0.717) is 0 Å². The molecule has 4 rings (SSSR count). The Bertz CT molecular complexity index is 458. The fourth-order valence-electron chi connectivity index (χ4n) is 4.39. The Kier molecular flexibility index (Phi) is 1.91. The Morgan fingerprint density at radius 3 is 2.82 bits per heavy atom. The van der Waals surface area contributed by atoms with Crippen LogP contribution in [0.25, 0.3) is 0 Å². The Hall–Kier alpha value is -1.02. The minimum atomic E-state index is 0.0800. The van der Waals surface area contributed by atoms with E-state index in [0.717, 1.165) is 24.0 Å². The predicted molar refractivity (Wildman–Crippen MR) is 66.8 cm³/mol. The van der Waals surface area contributed by atoms with Crippen molar-refractivity contribution in [1.29, 1.82) is 0 Å². The summed E-state index contributed by atoms with van der Waals surface area (Å²) in [5.41, 5.74) is 7.63. The standard InChI is InChI=1S/C15H19NO/c16-13-9-15(8-10-5-6-11(15)7-10)17-14-4-2-1-3-12(13)14/h1-4,10-11,13H,5-9,16H2/t10?,11?,13-,15?/m0/s1. The first-order valence-electron chi connectivity index (χ1n) is 6.80. The van der Waals surface area contributed by atoms with E-state index in [1.165, 1.54) is 31.2 Å². The van der Waals surface area contributed by atoms with Crippen LogP contribution in [0.2, 0.25) is 0 Å². The van der Waals surface area contributed by atoms with Crippen molar-refractivity contribution in [2.24, 2.45) is 17.6 Å². The minimum Gasteiger partial charge on any atom is -0.487 e. The lowest BCUT2D eigenvalue weighted by Gasteiger charge is -2.44. The van der Waals surface area contributed by atoms with E-state index >= 15 is 0 Å². The van der Waals surface area contributed by atoms with Crippen LogP contribution in [-0.4, -0.2) is 5.60 Å². The van der Waals surface area contributed by atoms with Gasteiger partial charge in [-0.25, -0.2) is 0 Å². The van der Waals surface area contributed by atoms with Gasteiger partial charge in [-0.3, -0.25) is 0 Å². The number of para-hydroxylation sites is 1. The maximum atomic E-state index is 6.40. The van der Waals surface area contributed by atoms with E-state index in [1.54, 1.807) is 0 Å². The van der Waals surface area contributed by atoms with E-state index < -0.39 is 0 Å². The molecular formula is C15H19NO. The average Bonchev–Trinajstić information content (AvgIpc) is 2.89. The highest BCUT2D eigenvalue weighted by Crippen LogP contribution is 2.57. The molecule has 3 unspecified atom stereocenters. The van der Waals surface area contributed by atoms with E-state index in [1.807, 2.05) is 0 Å². The number of hydrogen-bond acceptors (Lipinski definition) is 2. The van der Waals surface area contributed by atoms with Gasteiger partial charge in [-0.1, -0.05) is 18.2 Å². The molecule has 90 valence electrons. The molecule has 2 saturated carbocycles. The van der Waals surface area contributed by atoms with Gasteiger partial charge in [0.05, 0.1) is 0 Å². The fourth-order valence-corrected chi connectivity index (χ4v) is 4.39. The van der Waals surface area contributed by atoms with Crippen molar-refractivity contribution >= 4 is 0 Å². The molecule has 1 aliphatic heterocycles. The van der Waals surface area contributed by atoms with E-state index in [4.69, 9.17) is 10.5 Å². The Morgan fingerprint density at radius 1 is 1.18 bits per heavy atom. The zero-order chi connectivity index (χ0) is 11.5. The smallest absolute Gasteiger partial charge is 0.124 e. The fraction of sp³-hybridized carbons (Fsp3) is 0.600. The summed E-state index contributed by atoms with van der Waals surface area (Å²) in [5.74, 6) is 2.70. The zero-order valence-electron chi connectivity index (χ0n) is 10.1. The monoisotopic (exact) mass is 229 g/mol. The first kappa shape index (κ1) is 9.95. The number of ether oxygens (including phenoxy) is 1. The molecule has 1 aromatic carbocycles. The third-order valence-electron chi connectivity index (χ3n) is 5.12. The quantitative estimate of drug-likeness (QED) is 0.742. The van der Waals surface area contributed by atoms with Gasteiger partial charge in [-0.2, -0.15) is 0 Å². The van der Waals surface area contributed by atoms with Gasteiger partial charge in [0.25, 0.3) is 0 Å². The topological polar surface area (TPSA) is 35.2 Å². The first-order valence-corrected chi connectivity index (χ1v) is 6.80. The van der Waals surface area contributed by atoms with Gasteiger partial charge in [-0.05, 0) is 43.6 Å². The Labute approximate surface area is 102 Å². The van der Waals surface area contributed by atoms with Crippen molar-refractivity contribution in [2.45, 2.75) is 43.7 Å². The summed E-state index contributed by atoms with van der Waals surface area (Å²) in [6.45, 7) is 0. The second-order valence-electron chi connectivity index (χ2n) is 6.10. The second-order valence-corrected chi connectivity index (χ2v) is 6.10. The van der Waals surface area contributed by atoms with Crippen molar-refractivity contribution in [3.63, 3.8) is 0 Å². The van der Waals surface area contributed by atoms with Crippen molar-refractivity contribution in [3.8, 4) is 5.75 Å². The molecule has 0 saturated heterocycles. The normalized spacial score (nSPS) is 42.5. The third kappa shape index (κ3) is 1.30. The van der Waals surface area contributed by atoms with Crippen molar-refractivity contribution in [1.82, 2.24) is 0 Å². The summed E-state index contributed by atoms with van der Waals surface area (Å²) < 4.78 is 6.40. The van der Waals surface area contributed by atoms with Crippen LogP contribution in [0.4, 0.5) is 0 Å². The number of fused-ring (bicyclic) bond motifs is 4. The van der Waals surface area contributed by atoms with Crippen LogP contribution in [0.15, 0.2) is 24.3 Å². The van der Waals surface area contributed by atoms with Gasteiger partial charge in [0, 0.05) is 18.0 Å². The molecular weight excluding hydrogens is 210 g/mol. The average molecular weight is 229 g/mol. The lowest BCUT2D eigenvalue weighted by Crippen LogP contribution is -2.47. The number of hydrogen-bond donors (Lipinski definition) is 1. The maximum absolute atomic E-state index is 6.40. The highest BCUT2D eigenvalue weighted by molar-refractivity contribution is 5.39. The van der Waals surface area contributed by atoms with Gasteiger partial charge in [0.15, 0.2) is 0 Å². The highest BCUT2D eigenvalue weighted by atomic mass is 16.5. The van der Waals surface area contributed by atoms with Gasteiger partial charge in [0.2, 0.25) is 0 Å². The summed E-state index contributed by atoms with van der Waals surface area (Å²) in [5, 5.41) is 0. The van der Waals surface area contributed by atoms with Crippen LogP contribution < -0.4 is 10.5 Å². The van der Waals surface area contributed by atoms with E-state index in [2.05, 4.69) is 24.3 Å². The summed E-state index contributed by atoms with van der Waals surface area (Å²) in [6, 6.07) is 8.47. The number of nitrogens with two attached hydrogens (primary N) is 1. The lowest BCUT2D eigenvalue weighted by molar-refractivity contribution is -0.0141. The molecule has 2 heteroatoms. The lowest BCUT2D eigenvalue weighted by atomic mass is 9.76. The van der Waals surface area contributed by atoms with Gasteiger partial charge < -0.3 is 10.5 Å². The molecule has 0 radical (unpaired) electrons. The van der Waals surface area contributed by atoms with E-state index in [-0.39, 0.29) is 11.6 Å². The van der Waals surface area contributed by atoms with E-state index in [9.17, 15) is 0 Å². The minimum absolute atomic E-state index is 0.0800. The van der Waals surface area contributed by atoms with Gasteiger partial charge in [-0.15, -0.1) is 0 Å². The van der Waals surface area contributed by atoms with Crippen LogP contribution >= 0.6 is 0 Å². The number of benzene rings is 1. The molecule has 1 heterocycles. The molecule has 3 aliphatic rings. The number of rotatable bonds is 0. The molecule has 2 N–H and O–H groups in total. The second kappa shape index (κ2) is 3.26. The molecule has 0 amide bonds. The van der Waals surface area contributed by atoms with Gasteiger partial charge >= 0.3 is 0 Å². The Balaban J connectivity index is 1.74. The van der Waals surface area contributed by atoms with Crippen molar-refractivity contribution in [3.05, 3.63) is 29.8 Å². The van der Waals surface area contributed by atoms with Crippen molar-refractivity contribution in [2.75, 3.05) is 0 Å².